The van der Waals surface area contributed by atoms with Gasteiger partial charge in [-0.05, 0) is 24.1 Å². The van der Waals surface area contributed by atoms with E-state index >= 15 is 0 Å². The lowest BCUT2D eigenvalue weighted by atomic mass is 10.1. The van der Waals surface area contributed by atoms with Crippen LogP contribution in [0.15, 0.2) is 18.2 Å². The largest absolute Gasteiger partial charge is 0.392 e. The van der Waals surface area contributed by atoms with Crippen molar-refractivity contribution in [3.8, 4) is 0 Å². The van der Waals surface area contributed by atoms with Gasteiger partial charge in [0.15, 0.2) is 0 Å². The van der Waals surface area contributed by atoms with Crippen molar-refractivity contribution in [3.05, 3.63) is 34.3 Å². The molecule has 4 nitrogen and oxygen atoms in total. The van der Waals surface area contributed by atoms with Gasteiger partial charge in [0.1, 0.15) is 0 Å². The summed E-state index contributed by atoms with van der Waals surface area (Å²) in [5, 5.41) is 9.97. The SMILES string of the molecule is NC(=O)c1ccc(CN2CC[C@H](O)C2)c(Cl)c1. The smallest absolute Gasteiger partial charge is 0.248 e. The van der Waals surface area contributed by atoms with Crippen molar-refractivity contribution in [2.24, 2.45) is 5.73 Å². The summed E-state index contributed by atoms with van der Waals surface area (Å²) >= 11 is 6.09. The van der Waals surface area contributed by atoms with Gasteiger partial charge in [-0.3, -0.25) is 9.69 Å². The Morgan fingerprint density at radius 1 is 1.59 bits per heavy atom. The minimum absolute atomic E-state index is 0.237. The lowest BCUT2D eigenvalue weighted by Crippen LogP contribution is -2.21. The number of carbonyl (C=O) groups is 1. The lowest BCUT2D eigenvalue weighted by Gasteiger charge is -2.16. The van der Waals surface area contributed by atoms with Gasteiger partial charge in [-0.2, -0.15) is 0 Å². The van der Waals surface area contributed by atoms with Gasteiger partial charge in [-0.1, -0.05) is 17.7 Å². The molecule has 0 saturated carbocycles. The van der Waals surface area contributed by atoms with Gasteiger partial charge in [0.05, 0.1) is 6.10 Å². The van der Waals surface area contributed by atoms with Crippen LogP contribution in [-0.2, 0) is 6.54 Å². The van der Waals surface area contributed by atoms with Crippen LogP contribution in [0.25, 0.3) is 0 Å². The zero-order valence-electron chi connectivity index (χ0n) is 9.40. The van der Waals surface area contributed by atoms with E-state index in [0.717, 1.165) is 18.5 Å². The van der Waals surface area contributed by atoms with E-state index < -0.39 is 5.91 Å². The van der Waals surface area contributed by atoms with Crippen molar-refractivity contribution < 1.29 is 9.90 Å². The monoisotopic (exact) mass is 254 g/mol. The Hall–Kier alpha value is -1.10. The minimum Gasteiger partial charge on any atom is -0.392 e. The number of benzene rings is 1. The molecule has 0 aliphatic carbocycles. The molecule has 1 atom stereocenters. The Balaban J connectivity index is 2.09. The second-order valence-corrected chi connectivity index (χ2v) is 4.76. The van der Waals surface area contributed by atoms with Crippen LogP contribution in [-0.4, -0.2) is 35.1 Å². The molecule has 92 valence electrons. The number of aliphatic hydroxyl groups is 1. The fraction of sp³-hybridized carbons (Fsp3) is 0.417. The third kappa shape index (κ3) is 2.97. The molecule has 1 aliphatic heterocycles. The first-order valence-electron chi connectivity index (χ1n) is 5.55. The molecule has 1 fully saturated rings. The number of aliphatic hydroxyl groups excluding tert-OH is 1. The molecule has 1 heterocycles. The van der Waals surface area contributed by atoms with E-state index in [1.807, 2.05) is 6.07 Å². The van der Waals surface area contributed by atoms with Gasteiger partial charge in [0.2, 0.25) is 5.91 Å². The maximum atomic E-state index is 11.0. The van der Waals surface area contributed by atoms with Gasteiger partial charge >= 0.3 is 0 Å². The van der Waals surface area contributed by atoms with E-state index in [0.29, 0.717) is 23.7 Å². The molecule has 17 heavy (non-hydrogen) atoms. The molecule has 1 aliphatic rings. The molecular formula is C12H15ClN2O2. The summed E-state index contributed by atoms with van der Waals surface area (Å²) in [6, 6.07) is 5.08. The van der Waals surface area contributed by atoms with E-state index in [1.54, 1.807) is 12.1 Å². The normalized spacial score (nSPS) is 20.7. The summed E-state index contributed by atoms with van der Waals surface area (Å²) < 4.78 is 0. The van der Waals surface area contributed by atoms with Gasteiger partial charge in [-0.25, -0.2) is 0 Å². The minimum atomic E-state index is -0.477. The van der Waals surface area contributed by atoms with Crippen molar-refractivity contribution in [1.82, 2.24) is 4.90 Å². The molecule has 0 unspecified atom stereocenters. The number of nitrogens with two attached hydrogens (primary N) is 1. The zero-order valence-corrected chi connectivity index (χ0v) is 10.2. The molecule has 1 amide bonds. The number of likely N-dealkylation sites (tertiary alicyclic amines) is 1. The summed E-state index contributed by atoms with van der Waals surface area (Å²) in [4.78, 5) is 13.1. The number of amides is 1. The lowest BCUT2D eigenvalue weighted by molar-refractivity contribution is 0.100. The van der Waals surface area contributed by atoms with Crippen molar-refractivity contribution in [2.45, 2.75) is 19.1 Å². The Kier molecular flexibility index (Phi) is 3.66. The van der Waals surface area contributed by atoms with Gasteiger partial charge in [0, 0.05) is 30.2 Å². The van der Waals surface area contributed by atoms with Gasteiger partial charge in [-0.15, -0.1) is 0 Å². The standard InChI is InChI=1S/C12H15ClN2O2/c13-11-5-8(12(14)17)1-2-9(11)6-15-4-3-10(16)7-15/h1-2,5,10,16H,3-4,6-7H2,(H2,14,17)/t10-/m0/s1. The first-order chi connectivity index (χ1) is 8.06. The maximum Gasteiger partial charge on any atom is 0.248 e. The third-order valence-corrected chi connectivity index (χ3v) is 3.33. The summed E-state index contributed by atoms with van der Waals surface area (Å²) in [6.07, 6.45) is 0.565. The number of β-amino-alcohol motifs (C(OH)–C–C–N with tert-alkyl or cyclic N) is 1. The first-order valence-corrected chi connectivity index (χ1v) is 5.92. The fourth-order valence-corrected chi connectivity index (χ4v) is 2.27. The topological polar surface area (TPSA) is 66.6 Å². The van der Waals surface area contributed by atoms with Crippen LogP contribution in [0.5, 0.6) is 0 Å². The van der Waals surface area contributed by atoms with Gasteiger partial charge < -0.3 is 10.8 Å². The van der Waals surface area contributed by atoms with Crippen LogP contribution in [0.2, 0.25) is 5.02 Å². The number of hydrogen-bond donors (Lipinski definition) is 2. The molecule has 1 saturated heterocycles. The molecule has 0 aromatic heterocycles. The average molecular weight is 255 g/mol. The summed E-state index contributed by atoms with van der Waals surface area (Å²) in [5.74, 6) is -0.477. The van der Waals surface area contributed by atoms with E-state index in [1.165, 1.54) is 0 Å². The van der Waals surface area contributed by atoms with Crippen LogP contribution in [0.1, 0.15) is 22.3 Å². The quantitative estimate of drug-likeness (QED) is 0.846. The predicted molar refractivity (Wildman–Crippen MR) is 65.9 cm³/mol. The highest BCUT2D eigenvalue weighted by atomic mass is 35.5. The molecule has 5 heteroatoms. The number of primary amides is 1. The van der Waals surface area contributed by atoms with Crippen LogP contribution in [0, 0.1) is 0 Å². The Labute approximate surface area is 105 Å². The maximum absolute atomic E-state index is 11.0. The molecule has 1 aromatic carbocycles. The summed E-state index contributed by atoms with van der Waals surface area (Å²) in [5.41, 5.74) is 6.54. The third-order valence-electron chi connectivity index (χ3n) is 2.98. The first kappa shape index (κ1) is 12.4. The molecule has 0 spiro atoms. The second kappa shape index (κ2) is 5.04. The van der Waals surface area contributed by atoms with E-state index in [-0.39, 0.29) is 6.10 Å². The average Bonchev–Trinajstić information content (AvgIpc) is 2.67. The highest BCUT2D eigenvalue weighted by Crippen LogP contribution is 2.21. The van der Waals surface area contributed by atoms with E-state index in [4.69, 9.17) is 17.3 Å². The van der Waals surface area contributed by atoms with Crippen molar-refractivity contribution >= 4 is 17.5 Å². The molecule has 0 radical (unpaired) electrons. The second-order valence-electron chi connectivity index (χ2n) is 4.35. The number of hydrogen-bond acceptors (Lipinski definition) is 3. The van der Waals surface area contributed by atoms with Crippen LogP contribution in [0.3, 0.4) is 0 Å². The van der Waals surface area contributed by atoms with Crippen molar-refractivity contribution in [1.29, 1.82) is 0 Å². The fourth-order valence-electron chi connectivity index (χ4n) is 2.03. The van der Waals surface area contributed by atoms with Crippen molar-refractivity contribution in [2.75, 3.05) is 13.1 Å². The highest BCUT2D eigenvalue weighted by molar-refractivity contribution is 6.31. The van der Waals surface area contributed by atoms with E-state index in [2.05, 4.69) is 4.90 Å². The number of carbonyl (C=O) groups excluding carboxylic acids is 1. The van der Waals surface area contributed by atoms with E-state index in [9.17, 15) is 9.90 Å². The summed E-state index contributed by atoms with van der Waals surface area (Å²) in [6.45, 7) is 2.23. The summed E-state index contributed by atoms with van der Waals surface area (Å²) in [7, 11) is 0. The molecule has 2 rings (SSSR count). The Bertz CT molecular complexity index is 437. The number of nitrogens with zero attached hydrogens (tertiary/aromatic N) is 1. The Morgan fingerprint density at radius 2 is 2.35 bits per heavy atom. The molecule has 3 N–H and O–H groups in total. The molecule has 1 aromatic rings. The highest BCUT2D eigenvalue weighted by Gasteiger charge is 2.20. The molecular weight excluding hydrogens is 240 g/mol. The van der Waals surface area contributed by atoms with Crippen LogP contribution in [0.4, 0.5) is 0 Å². The van der Waals surface area contributed by atoms with Crippen LogP contribution < -0.4 is 5.73 Å². The van der Waals surface area contributed by atoms with Crippen LogP contribution >= 0.6 is 11.6 Å². The molecule has 0 bridgehead atoms. The number of halogens is 1. The van der Waals surface area contributed by atoms with Gasteiger partial charge in [0.25, 0.3) is 0 Å². The van der Waals surface area contributed by atoms with Crippen molar-refractivity contribution in [3.63, 3.8) is 0 Å². The number of rotatable bonds is 3. The predicted octanol–water partition coefficient (Wildman–Crippen LogP) is 1.01. The Morgan fingerprint density at radius 3 is 2.88 bits per heavy atom. The zero-order chi connectivity index (χ0) is 12.4.